The number of nitrogens with zero attached hydrogens (tertiary/aromatic N) is 1. The van der Waals surface area contributed by atoms with Crippen molar-refractivity contribution in [1.82, 2.24) is 4.57 Å². The van der Waals surface area contributed by atoms with Gasteiger partial charge in [-0.3, -0.25) is 4.79 Å². The van der Waals surface area contributed by atoms with Gasteiger partial charge in [0.1, 0.15) is 17.3 Å². The standard InChI is InChI=1S/C22H20FNO5/c1-3-29-22(27)19(26)11-18(25)17-13-24(12-14-7-9-15(23)10-8-14)21-16(17)5-4-6-20(21)28-2/h4-11,13,25H,3,12H2,1-2H3/b18-11-. The van der Waals surface area contributed by atoms with Gasteiger partial charge >= 0.3 is 5.97 Å². The molecule has 0 aliphatic heterocycles. The lowest BCUT2D eigenvalue weighted by molar-refractivity contribution is -0.151. The molecule has 0 bridgehead atoms. The quantitative estimate of drug-likeness (QED) is 0.283. The maximum absolute atomic E-state index is 13.2. The van der Waals surface area contributed by atoms with E-state index in [4.69, 9.17) is 4.74 Å². The highest BCUT2D eigenvalue weighted by Gasteiger charge is 2.19. The summed E-state index contributed by atoms with van der Waals surface area (Å²) in [6.45, 7) is 2.04. The fourth-order valence-corrected chi connectivity index (χ4v) is 3.07. The molecule has 1 N–H and O–H groups in total. The van der Waals surface area contributed by atoms with Gasteiger partial charge in [0.15, 0.2) is 0 Å². The van der Waals surface area contributed by atoms with Crippen LogP contribution in [0, 0.1) is 5.82 Å². The smallest absolute Gasteiger partial charge is 0.379 e. The van der Waals surface area contributed by atoms with Gasteiger partial charge in [-0.15, -0.1) is 0 Å². The van der Waals surface area contributed by atoms with E-state index in [2.05, 4.69) is 4.74 Å². The van der Waals surface area contributed by atoms with Gasteiger partial charge in [-0.25, -0.2) is 9.18 Å². The Morgan fingerprint density at radius 1 is 1.17 bits per heavy atom. The van der Waals surface area contributed by atoms with Gasteiger partial charge in [0.05, 0.1) is 19.2 Å². The van der Waals surface area contributed by atoms with Gasteiger partial charge in [-0.05, 0) is 30.7 Å². The Bertz CT molecular complexity index is 1080. The molecule has 0 unspecified atom stereocenters. The van der Waals surface area contributed by atoms with E-state index in [1.807, 2.05) is 4.57 Å². The Balaban J connectivity index is 2.07. The summed E-state index contributed by atoms with van der Waals surface area (Å²) in [5.41, 5.74) is 1.89. The number of carbonyl (C=O) groups is 2. The lowest BCUT2D eigenvalue weighted by atomic mass is 10.1. The normalized spacial score (nSPS) is 11.5. The number of esters is 1. The van der Waals surface area contributed by atoms with E-state index < -0.39 is 11.8 Å². The number of methoxy groups -OCH3 is 1. The van der Waals surface area contributed by atoms with Crippen LogP contribution in [0.4, 0.5) is 4.39 Å². The molecule has 0 atom stereocenters. The van der Waals surface area contributed by atoms with Crippen LogP contribution in [0.5, 0.6) is 5.75 Å². The molecule has 150 valence electrons. The molecular weight excluding hydrogens is 377 g/mol. The predicted molar refractivity (Wildman–Crippen MR) is 106 cm³/mol. The molecule has 0 fully saturated rings. The van der Waals surface area contributed by atoms with Crippen LogP contribution in [0.15, 0.2) is 54.7 Å². The summed E-state index contributed by atoms with van der Waals surface area (Å²) in [6.07, 6.45) is 2.50. The lowest BCUT2D eigenvalue weighted by Gasteiger charge is -2.09. The fourth-order valence-electron chi connectivity index (χ4n) is 3.07. The molecule has 7 heteroatoms. The summed E-state index contributed by atoms with van der Waals surface area (Å²) in [4.78, 5) is 23.5. The van der Waals surface area contributed by atoms with Crippen LogP contribution in [0.25, 0.3) is 16.7 Å². The molecule has 0 aliphatic carbocycles. The summed E-state index contributed by atoms with van der Waals surface area (Å²) >= 11 is 0. The van der Waals surface area contributed by atoms with Crippen molar-refractivity contribution >= 4 is 28.4 Å². The molecule has 3 rings (SSSR count). The second-order valence-electron chi connectivity index (χ2n) is 6.27. The topological polar surface area (TPSA) is 77.8 Å². The molecule has 1 heterocycles. The van der Waals surface area contributed by atoms with Crippen molar-refractivity contribution < 1.29 is 28.6 Å². The average molecular weight is 397 g/mol. The highest BCUT2D eigenvalue weighted by molar-refractivity contribution is 6.39. The lowest BCUT2D eigenvalue weighted by Crippen LogP contribution is -2.15. The van der Waals surface area contributed by atoms with Gasteiger partial charge in [0.25, 0.3) is 5.78 Å². The number of halogens is 1. The maximum Gasteiger partial charge on any atom is 0.379 e. The van der Waals surface area contributed by atoms with Crippen molar-refractivity contribution in [1.29, 1.82) is 0 Å². The maximum atomic E-state index is 13.2. The summed E-state index contributed by atoms with van der Waals surface area (Å²) in [5.74, 6) is -2.11. The summed E-state index contributed by atoms with van der Waals surface area (Å²) in [6, 6.07) is 11.4. The molecule has 0 spiro atoms. The van der Waals surface area contributed by atoms with Crippen molar-refractivity contribution in [3.63, 3.8) is 0 Å². The molecule has 0 amide bonds. The van der Waals surface area contributed by atoms with Gasteiger partial charge in [0.2, 0.25) is 0 Å². The minimum atomic E-state index is -1.04. The van der Waals surface area contributed by atoms with Crippen molar-refractivity contribution in [3.05, 3.63) is 71.7 Å². The third-order valence-electron chi connectivity index (χ3n) is 4.37. The zero-order valence-corrected chi connectivity index (χ0v) is 16.0. The number of aliphatic hydroxyl groups excluding tert-OH is 1. The Morgan fingerprint density at radius 2 is 1.90 bits per heavy atom. The molecule has 0 saturated carbocycles. The molecule has 6 nitrogen and oxygen atoms in total. The first-order valence-corrected chi connectivity index (χ1v) is 8.97. The number of aliphatic hydroxyl groups is 1. The molecule has 2 aromatic carbocycles. The second-order valence-corrected chi connectivity index (χ2v) is 6.27. The Kier molecular flexibility index (Phi) is 5.97. The predicted octanol–water partition coefficient (Wildman–Crippen LogP) is 3.87. The molecular formula is C22H20FNO5. The Hall–Kier alpha value is -3.61. The van der Waals surface area contributed by atoms with Gasteiger partial charge in [-0.1, -0.05) is 24.3 Å². The first-order chi connectivity index (χ1) is 13.9. The van der Waals surface area contributed by atoms with E-state index in [0.717, 1.165) is 11.6 Å². The SMILES string of the molecule is CCOC(=O)C(=O)/C=C(\O)c1cn(Cc2ccc(F)cc2)c2c(OC)cccc12. The number of aromatic nitrogens is 1. The van der Waals surface area contributed by atoms with Gasteiger partial charge in [-0.2, -0.15) is 0 Å². The summed E-state index contributed by atoms with van der Waals surface area (Å²) in [5, 5.41) is 11.2. The highest BCUT2D eigenvalue weighted by atomic mass is 19.1. The van der Waals surface area contributed by atoms with E-state index in [9.17, 15) is 19.1 Å². The monoisotopic (exact) mass is 397 g/mol. The van der Waals surface area contributed by atoms with Crippen molar-refractivity contribution in [2.75, 3.05) is 13.7 Å². The van der Waals surface area contributed by atoms with Crippen molar-refractivity contribution in [2.45, 2.75) is 13.5 Å². The molecule has 29 heavy (non-hydrogen) atoms. The van der Waals surface area contributed by atoms with E-state index in [-0.39, 0.29) is 18.2 Å². The third-order valence-corrected chi connectivity index (χ3v) is 4.37. The Morgan fingerprint density at radius 3 is 2.55 bits per heavy atom. The van der Waals surface area contributed by atoms with Crippen LogP contribution in [-0.2, 0) is 20.9 Å². The van der Waals surface area contributed by atoms with Gasteiger partial charge in [0, 0.05) is 29.8 Å². The average Bonchev–Trinajstić information content (AvgIpc) is 3.08. The summed E-state index contributed by atoms with van der Waals surface area (Å²) in [7, 11) is 1.53. The number of ketones is 1. The number of hydrogen-bond acceptors (Lipinski definition) is 5. The van der Waals surface area contributed by atoms with Crippen LogP contribution in [-0.4, -0.2) is 35.1 Å². The molecule has 3 aromatic rings. The third kappa shape index (κ3) is 4.29. The molecule has 0 radical (unpaired) electrons. The number of carbonyl (C=O) groups excluding carboxylic acids is 2. The van der Waals surface area contributed by atoms with Gasteiger partial charge < -0.3 is 19.1 Å². The zero-order valence-electron chi connectivity index (χ0n) is 16.0. The minimum absolute atomic E-state index is 0.0628. The number of ether oxygens (including phenoxy) is 2. The van der Waals surface area contributed by atoms with Crippen LogP contribution in [0.1, 0.15) is 18.1 Å². The van der Waals surface area contributed by atoms with Crippen molar-refractivity contribution in [3.8, 4) is 5.75 Å². The minimum Gasteiger partial charge on any atom is -0.507 e. The van der Waals surface area contributed by atoms with Crippen LogP contribution >= 0.6 is 0 Å². The Labute approximate surface area is 166 Å². The van der Waals surface area contributed by atoms with E-state index in [1.54, 1.807) is 43.5 Å². The van der Waals surface area contributed by atoms with Crippen LogP contribution in [0.2, 0.25) is 0 Å². The first-order valence-electron chi connectivity index (χ1n) is 8.97. The van der Waals surface area contributed by atoms with E-state index in [1.165, 1.54) is 19.2 Å². The molecule has 1 aromatic heterocycles. The van der Waals surface area contributed by atoms with E-state index in [0.29, 0.717) is 28.8 Å². The fraction of sp³-hybridized carbons (Fsp3) is 0.182. The molecule has 0 saturated heterocycles. The number of rotatable bonds is 7. The first kappa shape index (κ1) is 20.1. The number of hydrogen-bond donors (Lipinski definition) is 1. The highest BCUT2D eigenvalue weighted by Crippen LogP contribution is 2.33. The second kappa shape index (κ2) is 8.60. The van der Waals surface area contributed by atoms with Crippen LogP contribution in [0.3, 0.4) is 0 Å². The number of fused-ring (bicyclic) bond motifs is 1. The zero-order chi connectivity index (χ0) is 21.0. The largest absolute Gasteiger partial charge is 0.507 e. The molecule has 0 aliphatic rings. The number of benzene rings is 2. The summed E-state index contributed by atoms with van der Waals surface area (Å²) < 4.78 is 25.1. The van der Waals surface area contributed by atoms with E-state index >= 15 is 0 Å². The number of para-hydroxylation sites is 1. The van der Waals surface area contributed by atoms with Crippen LogP contribution < -0.4 is 4.74 Å². The van der Waals surface area contributed by atoms with Crippen molar-refractivity contribution in [2.24, 2.45) is 0 Å².